The van der Waals surface area contributed by atoms with Gasteiger partial charge >= 0.3 is 0 Å². The van der Waals surface area contributed by atoms with Crippen molar-refractivity contribution in [1.82, 2.24) is 9.97 Å². The van der Waals surface area contributed by atoms with Crippen molar-refractivity contribution in [3.63, 3.8) is 0 Å². The van der Waals surface area contributed by atoms with Crippen LogP contribution in [0.3, 0.4) is 0 Å². The van der Waals surface area contributed by atoms with Gasteiger partial charge in [-0.05, 0) is 51.1 Å². The summed E-state index contributed by atoms with van der Waals surface area (Å²) in [6.07, 6.45) is 3.05. The molecule has 0 radical (unpaired) electrons. The van der Waals surface area contributed by atoms with Crippen molar-refractivity contribution in [3.8, 4) is 11.1 Å². The summed E-state index contributed by atoms with van der Waals surface area (Å²) in [4.78, 5) is 18.1. The minimum atomic E-state index is -0.585. The van der Waals surface area contributed by atoms with Crippen LogP contribution in [-0.4, -0.2) is 9.97 Å². The molecule has 0 saturated carbocycles. The summed E-state index contributed by atoms with van der Waals surface area (Å²) in [5, 5.41) is 0.556. The lowest BCUT2D eigenvalue weighted by Crippen LogP contribution is -2.06. The third kappa shape index (κ3) is 2.08. The zero-order valence-electron chi connectivity index (χ0n) is 10.2. The Balaban J connectivity index is 2.33. The van der Waals surface area contributed by atoms with E-state index in [0.717, 1.165) is 4.47 Å². The first-order valence-electron chi connectivity index (χ1n) is 5.78. The average molecular weight is 334 g/mol. The van der Waals surface area contributed by atoms with E-state index in [2.05, 4.69) is 25.9 Å². The predicted octanol–water partition coefficient (Wildman–Crippen LogP) is 3.07. The van der Waals surface area contributed by atoms with Gasteiger partial charge in [-0.15, -0.1) is 0 Å². The highest BCUT2D eigenvalue weighted by molar-refractivity contribution is 9.10. The standard InChI is InChI=1S/C14H9BrFN3O/c15-9-5-10(13(17)19-6-9)8-3-7-1-2-18-14(20)12(7)11(16)4-8/h1-6H,(H2,17,19)(H,18,20). The molecule has 20 heavy (non-hydrogen) atoms. The molecule has 6 heteroatoms. The van der Waals surface area contributed by atoms with Crippen LogP contribution in [0.4, 0.5) is 10.2 Å². The first kappa shape index (κ1) is 12.8. The maximum Gasteiger partial charge on any atom is 0.258 e. The molecule has 3 N–H and O–H groups in total. The van der Waals surface area contributed by atoms with Gasteiger partial charge in [-0.25, -0.2) is 9.37 Å². The van der Waals surface area contributed by atoms with E-state index in [1.165, 1.54) is 12.3 Å². The molecule has 0 aliphatic heterocycles. The SMILES string of the molecule is Nc1ncc(Br)cc1-c1cc(F)c2c(=O)[nH]ccc2c1. The van der Waals surface area contributed by atoms with Crippen molar-refractivity contribution in [2.75, 3.05) is 5.73 Å². The molecule has 0 bridgehead atoms. The maximum atomic E-state index is 14.1. The van der Waals surface area contributed by atoms with Gasteiger partial charge in [0.1, 0.15) is 11.6 Å². The summed E-state index contributed by atoms with van der Waals surface area (Å²) in [5.41, 5.74) is 6.56. The van der Waals surface area contributed by atoms with Crippen LogP contribution in [0, 0.1) is 5.82 Å². The number of hydrogen-bond acceptors (Lipinski definition) is 3. The highest BCUT2D eigenvalue weighted by Crippen LogP contribution is 2.30. The van der Waals surface area contributed by atoms with E-state index in [1.54, 1.807) is 24.4 Å². The smallest absolute Gasteiger partial charge is 0.258 e. The summed E-state index contributed by atoms with van der Waals surface area (Å²) >= 11 is 3.31. The van der Waals surface area contributed by atoms with E-state index in [4.69, 9.17) is 5.73 Å². The molecule has 0 aliphatic rings. The highest BCUT2D eigenvalue weighted by Gasteiger charge is 2.11. The number of halogens is 2. The highest BCUT2D eigenvalue weighted by atomic mass is 79.9. The summed E-state index contributed by atoms with van der Waals surface area (Å²) in [7, 11) is 0. The molecule has 4 nitrogen and oxygen atoms in total. The van der Waals surface area contributed by atoms with Crippen LogP contribution < -0.4 is 11.3 Å². The zero-order valence-corrected chi connectivity index (χ0v) is 11.7. The lowest BCUT2D eigenvalue weighted by molar-refractivity contribution is 0.639. The van der Waals surface area contributed by atoms with E-state index >= 15 is 0 Å². The fourth-order valence-corrected chi connectivity index (χ4v) is 2.45. The minimum absolute atomic E-state index is 0.0396. The Morgan fingerprint density at radius 3 is 2.90 bits per heavy atom. The first-order valence-corrected chi connectivity index (χ1v) is 6.58. The third-order valence-electron chi connectivity index (χ3n) is 3.02. The van der Waals surface area contributed by atoms with E-state index < -0.39 is 11.4 Å². The molecule has 0 atom stereocenters. The van der Waals surface area contributed by atoms with Crippen molar-refractivity contribution >= 4 is 32.5 Å². The zero-order chi connectivity index (χ0) is 14.3. The van der Waals surface area contributed by atoms with Crippen molar-refractivity contribution in [1.29, 1.82) is 0 Å². The Morgan fingerprint density at radius 2 is 2.10 bits per heavy atom. The largest absolute Gasteiger partial charge is 0.383 e. The van der Waals surface area contributed by atoms with Crippen molar-refractivity contribution < 1.29 is 4.39 Å². The van der Waals surface area contributed by atoms with Gasteiger partial charge in [-0.1, -0.05) is 0 Å². The molecular formula is C14H9BrFN3O. The molecule has 2 heterocycles. The van der Waals surface area contributed by atoms with Gasteiger partial charge < -0.3 is 10.7 Å². The lowest BCUT2D eigenvalue weighted by Gasteiger charge is -2.08. The van der Waals surface area contributed by atoms with Crippen LogP contribution in [0.15, 0.2) is 45.9 Å². The first-order chi connectivity index (χ1) is 9.56. The van der Waals surface area contributed by atoms with Crippen LogP contribution in [0.1, 0.15) is 0 Å². The third-order valence-corrected chi connectivity index (χ3v) is 3.45. The topological polar surface area (TPSA) is 71.8 Å². The maximum absolute atomic E-state index is 14.1. The number of rotatable bonds is 1. The number of benzene rings is 1. The summed E-state index contributed by atoms with van der Waals surface area (Å²) in [5.74, 6) is -0.282. The van der Waals surface area contributed by atoms with Crippen molar-refractivity contribution in [3.05, 3.63) is 57.3 Å². The lowest BCUT2D eigenvalue weighted by atomic mass is 10.0. The molecule has 0 unspecified atom stereocenters. The Labute approximate surface area is 121 Å². The molecular weight excluding hydrogens is 325 g/mol. The number of anilines is 1. The van der Waals surface area contributed by atoms with Crippen LogP contribution in [-0.2, 0) is 0 Å². The van der Waals surface area contributed by atoms with Gasteiger partial charge in [0.25, 0.3) is 5.56 Å². The number of nitrogens with two attached hydrogens (primary N) is 1. The minimum Gasteiger partial charge on any atom is -0.383 e. The van der Waals surface area contributed by atoms with Gasteiger partial charge in [0.15, 0.2) is 0 Å². The number of nitrogens with zero attached hydrogens (tertiary/aromatic N) is 1. The number of aromatic nitrogens is 2. The number of H-pyrrole nitrogens is 1. The fourth-order valence-electron chi connectivity index (χ4n) is 2.11. The van der Waals surface area contributed by atoms with Crippen molar-refractivity contribution in [2.24, 2.45) is 0 Å². The van der Waals surface area contributed by atoms with Crippen LogP contribution in [0.5, 0.6) is 0 Å². The Morgan fingerprint density at radius 1 is 1.30 bits per heavy atom. The van der Waals surface area contributed by atoms with Gasteiger partial charge in [0.2, 0.25) is 0 Å². The number of hydrogen-bond donors (Lipinski definition) is 2. The Hall–Kier alpha value is -2.21. The molecule has 100 valence electrons. The van der Waals surface area contributed by atoms with E-state index in [-0.39, 0.29) is 5.39 Å². The van der Waals surface area contributed by atoms with Gasteiger partial charge in [-0.3, -0.25) is 4.79 Å². The second-order valence-corrected chi connectivity index (χ2v) is 5.23. The normalized spacial score (nSPS) is 10.9. The second kappa shape index (κ2) is 4.72. The molecule has 0 spiro atoms. The van der Waals surface area contributed by atoms with Crippen molar-refractivity contribution in [2.45, 2.75) is 0 Å². The van der Waals surface area contributed by atoms with Gasteiger partial charge in [0.05, 0.1) is 5.39 Å². The molecule has 0 fully saturated rings. The quantitative estimate of drug-likeness (QED) is 0.718. The number of pyridine rings is 2. The number of aromatic amines is 1. The van der Waals surface area contributed by atoms with E-state index in [1.807, 2.05) is 0 Å². The summed E-state index contributed by atoms with van der Waals surface area (Å²) in [6.45, 7) is 0. The molecule has 1 aromatic carbocycles. The second-order valence-electron chi connectivity index (χ2n) is 4.32. The fraction of sp³-hybridized carbons (Fsp3) is 0. The Kier molecular flexibility index (Phi) is 3.02. The molecule has 0 amide bonds. The summed E-state index contributed by atoms with van der Waals surface area (Å²) < 4.78 is 14.9. The summed E-state index contributed by atoms with van der Waals surface area (Å²) in [6, 6.07) is 6.41. The van der Waals surface area contributed by atoms with E-state index in [0.29, 0.717) is 22.3 Å². The average Bonchev–Trinajstić information content (AvgIpc) is 2.41. The Bertz CT molecular complexity index is 876. The molecule has 3 aromatic rings. The molecule has 2 aromatic heterocycles. The van der Waals surface area contributed by atoms with Crippen LogP contribution in [0.2, 0.25) is 0 Å². The molecule has 0 saturated heterocycles. The van der Waals surface area contributed by atoms with Gasteiger partial charge in [0, 0.05) is 22.4 Å². The van der Waals surface area contributed by atoms with E-state index in [9.17, 15) is 9.18 Å². The number of fused-ring (bicyclic) bond motifs is 1. The number of nitrogen functional groups attached to an aromatic ring is 1. The van der Waals surface area contributed by atoms with Crippen LogP contribution in [0.25, 0.3) is 21.9 Å². The van der Waals surface area contributed by atoms with Crippen LogP contribution >= 0.6 is 15.9 Å². The number of nitrogens with one attached hydrogen (secondary N) is 1. The van der Waals surface area contributed by atoms with Gasteiger partial charge in [-0.2, -0.15) is 0 Å². The molecule has 0 aliphatic carbocycles. The molecule has 3 rings (SSSR count). The predicted molar refractivity (Wildman–Crippen MR) is 79.9 cm³/mol. The monoisotopic (exact) mass is 333 g/mol.